The van der Waals surface area contributed by atoms with Crippen molar-refractivity contribution in [1.82, 2.24) is 14.8 Å². The summed E-state index contributed by atoms with van der Waals surface area (Å²) in [4.78, 5) is 26.8. The minimum Gasteiger partial charge on any atom is -0.321 e. The molecule has 1 N–H and O–H groups in total. The minimum atomic E-state index is -0.477. The number of nitrogens with one attached hydrogen (secondary N) is 1. The number of hydrogen-bond acceptors (Lipinski definition) is 5. The lowest BCUT2D eigenvalue weighted by Crippen LogP contribution is -2.12. The van der Waals surface area contributed by atoms with Crippen LogP contribution in [0.15, 0.2) is 55.0 Å². The van der Waals surface area contributed by atoms with Crippen LogP contribution in [0, 0.1) is 17.0 Å². The van der Waals surface area contributed by atoms with Crippen molar-refractivity contribution < 1.29 is 9.72 Å². The van der Waals surface area contributed by atoms with Crippen LogP contribution in [0.4, 0.5) is 11.4 Å². The molecule has 0 bridgehead atoms. The fourth-order valence-corrected chi connectivity index (χ4v) is 2.20. The molecule has 8 nitrogen and oxygen atoms in total. The summed E-state index contributed by atoms with van der Waals surface area (Å²) in [7, 11) is 0. The lowest BCUT2D eigenvalue weighted by atomic mass is 10.1. The van der Waals surface area contributed by atoms with E-state index < -0.39 is 4.92 Å². The zero-order valence-corrected chi connectivity index (χ0v) is 12.7. The van der Waals surface area contributed by atoms with Gasteiger partial charge in [0.2, 0.25) is 0 Å². The SMILES string of the molecule is Cc1cc(C(=O)Nc2ccc(-n3cccn3)nc2)ccc1[N+](=O)[O-]. The zero-order valence-electron chi connectivity index (χ0n) is 12.7. The van der Waals surface area contributed by atoms with E-state index in [1.807, 2.05) is 0 Å². The molecule has 0 unspecified atom stereocenters. The molecule has 120 valence electrons. The molecule has 0 saturated carbocycles. The van der Waals surface area contributed by atoms with Gasteiger partial charge >= 0.3 is 0 Å². The van der Waals surface area contributed by atoms with E-state index in [1.54, 1.807) is 42.2 Å². The maximum atomic E-state index is 12.2. The van der Waals surface area contributed by atoms with Gasteiger partial charge in [0, 0.05) is 29.6 Å². The first-order valence-electron chi connectivity index (χ1n) is 7.07. The molecule has 0 aliphatic rings. The molecule has 1 amide bonds. The van der Waals surface area contributed by atoms with E-state index in [9.17, 15) is 14.9 Å². The maximum Gasteiger partial charge on any atom is 0.272 e. The second-order valence-electron chi connectivity index (χ2n) is 5.07. The topological polar surface area (TPSA) is 103 Å². The molecule has 0 aliphatic heterocycles. The number of aryl methyl sites for hydroxylation is 1. The smallest absolute Gasteiger partial charge is 0.272 e. The fourth-order valence-electron chi connectivity index (χ4n) is 2.20. The summed E-state index contributed by atoms with van der Waals surface area (Å²) in [5.41, 5.74) is 1.28. The summed E-state index contributed by atoms with van der Waals surface area (Å²) >= 11 is 0. The number of aromatic nitrogens is 3. The number of pyridine rings is 1. The van der Waals surface area contributed by atoms with Crippen LogP contribution in [-0.4, -0.2) is 25.6 Å². The Balaban J connectivity index is 1.75. The highest BCUT2D eigenvalue weighted by Crippen LogP contribution is 2.19. The molecule has 24 heavy (non-hydrogen) atoms. The van der Waals surface area contributed by atoms with Gasteiger partial charge in [0.05, 0.1) is 16.8 Å². The molecule has 2 heterocycles. The van der Waals surface area contributed by atoms with Gasteiger partial charge in [-0.25, -0.2) is 9.67 Å². The number of amides is 1. The minimum absolute atomic E-state index is 0.0169. The normalized spacial score (nSPS) is 10.4. The van der Waals surface area contributed by atoms with Gasteiger partial charge in [-0.05, 0) is 37.3 Å². The van der Waals surface area contributed by atoms with Crippen LogP contribution in [0.2, 0.25) is 0 Å². The van der Waals surface area contributed by atoms with Crippen molar-refractivity contribution in [2.75, 3.05) is 5.32 Å². The third-order valence-electron chi connectivity index (χ3n) is 3.40. The van der Waals surface area contributed by atoms with E-state index in [0.29, 0.717) is 22.6 Å². The van der Waals surface area contributed by atoms with Gasteiger partial charge in [-0.2, -0.15) is 5.10 Å². The van der Waals surface area contributed by atoms with E-state index in [1.165, 1.54) is 24.4 Å². The highest BCUT2D eigenvalue weighted by molar-refractivity contribution is 6.04. The molecule has 0 fully saturated rings. The summed E-state index contributed by atoms with van der Waals surface area (Å²) in [5, 5.41) is 17.6. The van der Waals surface area contributed by atoms with Gasteiger partial charge in [0.1, 0.15) is 0 Å². The number of benzene rings is 1. The largest absolute Gasteiger partial charge is 0.321 e. The molecular weight excluding hydrogens is 310 g/mol. The Kier molecular flexibility index (Phi) is 4.02. The number of carbonyl (C=O) groups is 1. The van der Waals surface area contributed by atoms with Gasteiger partial charge in [-0.3, -0.25) is 14.9 Å². The third kappa shape index (κ3) is 3.12. The Morgan fingerprint density at radius 1 is 1.29 bits per heavy atom. The second kappa shape index (κ2) is 6.29. The number of nitrogens with zero attached hydrogens (tertiary/aromatic N) is 4. The van der Waals surface area contributed by atoms with Crippen molar-refractivity contribution in [2.45, 2.75) is 6.92 Å². The number of rotatable bonds is 4. The number of nitro groups is 1. The second-order valence-corrected chi connectivity index (χ2v) is 5.07. The molecule has 0 radical (unpaired) electrons. The first-order valence-corrected chi connectivity index (χ1v) is 7.07. The Bertz CT molecular complexity index is 889. The summed E-state index contributed by atoms with van der Waals surface area (Å²) in [6, 6.07) is 9.45. The van der Waals surface area contributed by atoms with Crippen molar-refractivity contribution >= 4 is 17.3 Å². The Hall–Kier alpha value is -3.55. The lowest BCUT2D eigenvalue weighted by Gasteiger charge is -2.07. The van der Waals surface area contributed by atoms with Crippen molar-refractivity contribution in [3.05, 3.63) is 76.2 Å². The van der Waals surface area contributed by atoms with Crippen molar-refractivity contribution in [2.24, 2.45) is 0 Å². The lowest BCUT2D eigenvalue weighted by molar-refractivity contribution is -0.385. The van der Waals surface area contributed by atoms with E-state index in [0.717, 1.165) is 0 Å². The van der Waals surface area contributed by atoms with Crippen molar-refractivity contribution in [3.8, 4) is 5.82 Å². The number of anilines is 1. The summed E-state index contributed by atoms with van der Waals surface area (Å²) in [6.45, 7) is 1.59. The van der Waals surface area contributed by atoms with Gasteiger partial charge in [0.25, 0.3) is 11.6 Å². The molecule has 8 heteroatoms. The molecule has 0 aliphatic carbocycles. The predicted octanol–water partition coefficient (Wildman–Crippen LogP) is 2.74. The molecular formula is C16H13N5O3. The van der Waals surface area contributed by atoms with E-state index in [2.05, 4.69) is 15.4 Å². The molecule has 3 aromatic rings. The van der Waals surface area contributed by atoms with Crippen LogP contribution in [-0.2, 0) is 0 Å². The van der Waals surface area contributed by atoms with Gasteiger partial charge in [0.15, 0.2) is 5.82 Å². The standard InChI is InChI=1S/C16H13N5O3/c1-11-9-12(3-5-14(11)21(23)24)16(22)19-13-4-6-15(17-10-13)20-8-2-7-18-20/h2-10H,1H3,(H,19,22). The van der Waals surface area contributed by atoms with Crippen LogP contribution in [0.1, 0.15) is 15.9 Å². The number of carbonyl (C=O) groups excluding carboxylic acids is 1. The quantitative estimate of drug-likeness (QED) is 0.587. The highest BCUT2D eigenvalue weighted by Gasteiger charge is 2.14. The van der Waals surface area contributed by atoms with Crippen LogP contribution >= 0.6 is 0 Å². The zero-order chi connectivity index (χ0) is 17.1. The van der Waals surface area contributed by atoms with Crippen LogP contribution < -0.4 is 5.32 Å². The highest BCUT2D eigenvalue weighted by atomic mass is 16.6. The summed E-state index contributed by atoms with van der Waals surface area (Å²) < 4.78 is 1.60. The Morgan fingerprint density at radius 3 is 2.71 bits per heavy atom. The molecule has 0 spiro atoms. The maximum absolute atomic E-state index is 12.2. The predicted molar refractivity (Wildman–Crippen MR) is 87.1 cm³/mol. The number of nitro benzene ring substituents is 1. The first-order chi connectivity index (χ1) is 11.5. The van der Waals surface area contributed by atoms with Gasteiger partial charge in [-0.1, -0.05) is 0 Å². The molecule has 0 atom stereocenters. The van der Waals surface area contributed by atoms with E-state index >= 15 is 0 Å². The first kappa shape index (κ1) is 15.3. The molecule has 0 saturated heterocycles. The number of hydrogen-bond donors (Lipinski definition) is 1. The Morgan fingerprint density at radius 2 is 2.12 bits per heavy atom. The van der Waals surface area contributed by atoms with E-state index in [-0.39, 0.29) is 11.6 Å². The Labute approximate surface area is 136 Å². The molecule has 2 aromatic heterocycles. The average molecular weight is 323 g/mol. The summed E-state index contributed by atoms with van der Waals surface area (Å²) in [5.74, 6) is 0.269. The van der Waals surface area contributed by atoms with Crippen LogP contribution in [0.25, 0.3) is 5.82 Å². The van der Waals surface area contributed by atoms with Crippen LogP contribution in [0.3, 0.4) is 0 Å². The van der Waals surface area contributed by atoms with Gasteiger partial charge in [-0.15, -0.1) is 0 Å². The van der Waals surface area contributed by atoms with Crippen LogP contribution in [0.5, 0.6) is 0 Å². The van der Waals surface area contributed by atoms with Crippen molar-refractivity contribution in [1.29, 1.82) is 0 Å². The summed E-state index contributed by atoms with van der Waals surface area (Å²) in [6.07, 6.45) is 4.93. The van der Waals surface area contributed by atoms with Crippen molar-refractivity contribution in [3.63, 3.8) is 0 Å². The fraction of sp³-hybridized carbons (Fsp3) is 0.0625. The monoisotopic (exact) mass is 323 g/mol. The molecule has 1 aromatic carbocycles. The van der Waals surface area contributed by atoms with E-state index in [4.69, 9.17) is 0 Å². The molecule has 3 rings (SSSR count). The third-order valence-corrected chi connectivity index (χ3v) is 3.40. The van der Waals surface area contributed by atoms with Gasteiger partial charge < -0.3 is 5.32 Å². The average Bonchev–Trinajstić information content (AvgIpc) is 3.09.